The van der Waals surface area contributed by atoms with E-state index in [0.717, 1.165) is 6.07 Å². The average Bonchev–Trinajstić information content (AvgIpc) is 2.34. The van der Waals surface area contributed by atoms with Gasteiger partial charge in [-0.1, -0.05) is 13.8 Å². The molecule has 1 atom stereocenters. The van der Waals surface area contributed by atoms with Gasteiger partial charge in [-0.15, -0.1) is 0 Å². The second kappa shape index (κ2) is 6.00. The quantitative estimate of drug-likeness (QED) is 0.529. The highest BCUT2D eigenvalue weighted by atomic mass is 16.6. The van der Waals surface area contributed by atoms with E-state index in [4.69, 9.17) is 10.8 Å². The largest absolute Gasteiger partial charge is 0.480 e. The zero-order valence-electron chi connectivity index (χ0n) is 11.0. The fourth-order valence-corrected chi connectivity index (χ4v) is 1.64. The van der Waals surface area contributed by atoms with Gasteiger partial charge in [-0.2, -0.15) is 0 Å². The van der Waals surface area contributed by atoms with Gasteiger partial charge in [0.2, 0.25) is 5.91 Å². The Morgan fingerprint density at radius 3 is 2.40 bits per heavy atom. The Morgan fingerprint density at radius 2 is 2.00 bits per heavy atom. The number of hydrogen-bond donors (Lipinski definition) is 3. The number of carbonyl (C=O) groups is 2. The second-order valence-corrected chi connectivity index (χ2v) is 4.56. The molecule has 20 heavy (non-hydrogen) atoms. The van der Waals surface area contributed by atoms with E-state index >= 15 is 0 Å². The van der Waals surface area contributed by atoms with Crippen LogP contribution in [0.3, 0.4) is 0 Å². The molecule has 0 aliphatic carbocycles. The zero-order chi connectivity index (χ0) is 15.4. The fraction of sp³-hybridized carbons (Fsp3) is 0.333. The van der Waals surface area contributed by atoms with Gasteiger partial charge in [0, 0.05) is 11.6 Å². The predicted molar refractivity (Wildman–Crippen MR) is 71.5 cm³/mol. The zero-order valence-corrected chi connectivity index (χ0v) is 11.0. The van der Waals surface area contributed by atoms with Crippen LogP contribution in [0.1, 0.15) is 24.2 Å². The van der Waals surface area contributed by atoms with Gasteiger partial charge >= 0.3 is 5.97 Å². The first-order valence-corrected chi connectivity index (χ1v) is 5.81. The highest BCUT2D eigenvalue weighted by Gasteiger charge is 2.25. The molecule has 1 aromatic rings. The molecule has 8 heteroatoms. The number of nitro benzene ring substituents is 1. The van der Waals surface area contributed by atoms with E-state index in [9.17, 15) is 19.7 Å². The van der Waals surface area contributed by atoms with Crippen LogP contribution in [0, 0.1) is 16.0 Å². The molecular formula is C12H15N3O5. The van der Waals surface area contributed by atoms with Gasteiger partial charge in [0.25, 0.3) is 5.69 Å². The lowest BCUT2D eigenvalue weighted by molar-refractivity contribution is -0.384. The number of nitrogens with two attached hydrogens (primary N) is 1. The normalized spacial score (nSPS) is 11.9. The molecular weight excluding hydrogens is 266 g/mol. The van der Waals surface area contributed by atoms with Crippen LogP contribution >= 0.6 is 0 Å². The Labute approximate surface area is 114 Å². The van der Waals surface area contributed by atoms with Gasteiger partial charge in [-0.3, -0.25) is 14.9 Å². The maximum atomic E-state index is 11.1. The fourth-order valence-electron chi connectivity index (χ4n) is 1.64. The van der Waals surface area contributed by atoms with Crippen molar-refractivity contribution in [1.29, 1.82) is 0 Å². The Morgan fingerprint density at radius 1 is 1.40 bits per heavy atom. The van der Waals surface area contributed by atoms with Crippen LogP contribution in [0.4, 0.5) is 11.4 Å². The molecule has 0 bridgehead atoms. The third-order valence-corrected chi connectivity index (χ3v) is 2.72. The molecule has 0 aromatic heterocycles. The number of carbonyl (C=O) groups excluding carboxylic acids is 1. The lowest BCUT2D eigenvalue weighted by Crippen LogP contribution is -2.34. The van der Waals surface area contributed by atoms with Crippen molar-refractivity contribution in [1.82, 2.24) is 0 Å². The third-order valence-electron chi connectivity index (χ3n) is 2.72. The number of hydrogen-bond acceptors (Lipinski definition) is 5. The SMILES string of the molecule is CC(C)[C@@H](Nc1ccc(C(N)=O)cc1[N+](=O)[O-])C(=O)O. The molecule has 0 radical (unpaired) electrons. The van der Waals surface area contributed by atoms with E-state index in [2.05, 4.69) is 5.32 Å². The summed E-state index contributed by atoms with van der Waals surface area (Å²) in [7, 11) is 0. The summed E-state index contributed by atoms with van der Waals surface area (Å²) >= 11 is 0. The number of nitrogens with one attached hydrogen (secondary N) is 1. The van der Waals surface area contributed by atoms with Gasteiger partial charge in [0.05, 0.1) is 4.92 Å². The summed E-state index contributed by atoms with van der Waals surface area (Å²) < 4.78 is 0. The summed E-state index contributed by atoms with van der Waals surface area (Å²) in [4.78, 5) is 32.4. The van der Waals surface area contributed by atoms with E-state index in [1.807, 2.05) is 0 Å². The molecule has 0 aliphatic heterocycles. The molecule has 1 amide bonds. The van der Waals surface area contributed by atoms with Crippen LogP contribution < -0.4 is 11.1 Å². The summed E-state index contributed by atoms with van der Waals surface area (Å²) in [6.07, 6.45) is 0. The minimum absolute atomic E-state index is 0.0151. The average molecular weight is 281 g/mol. The van der Waals surface area contributed by atoms with Crippen molar-refractivity contribution in [3.05, 3.63) is 33.9 Å². The first-order chi connectivity index (χ1) is 9.23. The summed E-state index contributed by atoms with van der Waals surface area (Å²) in [5, 5.41) is 22.7. The maximum Gasteiger partial charge on any atom is 0.326 e. The lowest BCUT2D eigenvalue weighted by Gasteiger charge is -2.19. The van der Waals surface area contributed by atoms with Crippen molar-refractivity contribution in [2.75, 3.05) is 5.32 Å². The molecule has 108 valence electrons. The van der Waals surface area contributed by atoms with Crippen molar-refractivity contribution in [3.8, 4) is 0 Å². The standard InChI is InChI=1S/C12H15N3O5/c1-6(2)10(12(17)18)14-8-4-3-7(11(13)16)5-9(8)15(19)20/h3-6,10,14H,1-2H3,(H2,13,16)(H,17,18)/t10-/m1/s1. The molecule has 0 fully saturated rings. The highest BCUT2D eigenvalue weighted by Crippen LogP contribution is 2.27. The minimum Gasteiger partial charge on any atom is -0.480 e. The number of benzene rings is 1. The maximum absolute atomic E-state index is 11.1. The number of rotatable bonds is 6. The molecule has 0 saturated heterocycles. The van der Waals surface area contributed by atoms with Gasteiger partial charge in [-0.05, 0) is 18.1 Å². The lowest BCUT2D eigenvalue weighted by atomic mass is 10.0. The van der Waals surface area contributed by atoms with Crippen LogP contribution in [0.25, 0.3) is 0 Å². The highest BCUT2D eigenvalue weighted by molar-refractivity contribution is 5.94. The smallest absolute Gasteiger partial charge is 0.326 e. The number of carboxylic acid groups (broad SMARTS) is 1. The number of anilines is 1. The number of amides is 1. The number of nitro groups is 1. The number of nitrogens with zero attached hydrogens (tertiary/aromatic N) is 1. The molecule has 0 unspecified atom stereocenters. The van der Waals surface area contributed by atoms with Gasteiger partial charge < -0.3 is 16.2 Å². The first-order valence-electron chi connectivity index (χ1n) is 5.81. The van der Waals surface area contributed by atoms with Crippen LogP contribution in [0.5, 0.6) is 0 Å². The monoisotopic (exact) mass is 281 g/mol. The van der Waals surface area contributed by atoms with Crippen molar-refractivity contribution >= 4 is 23.3 Å². The Balaban J connectivity index is 3.20. The van der Waals surface area contributed by atoms with Crippen molar-refractivity contribution < 1.29 is 19.6 Å². The molecule has 8 nitrogen and oxygen atoms in total. The molecule has 0 aliphatic rings. The summed E-state index contributed by atoms with van der Waals surface area (Å²) in [5.74, 6) is -2.19. The predicted octanol–water partition coefficient (Wildman–Crippen LogP) is 1.21. The summed E-state index contributed by atoms with van der Waals surface area (Å²) in [6, 6.07) is 2.62. The van der Waals surface area contributed by atoms with E-state index in [-0.39, 0.29) is 17.2 Å². The molecule has 0 saturated carbocycles. The van der Waals surface area contributed by atoms with Gasteiger partial charge in [-0.25, -0.2) is 4.79 Å². The van der Waals surface area contributed by atoms with E-state index in [1.54, 1.807) is 13.8 Å². The number of carboxylic acids is 1. The van der Waals surface area contributed by atoms with E-state index in [0.29, 0.717) is 0 Å². The molecule has 1 aromatic carbocycles. The van der Waals surface area contributed by atoms with Crippen molar-refractivity contribution in [2.45, 2.75) is 19.9 Å². The van der Waals surface area contributed by atoms with Gasteiger partial charge in [0.1, 0.15) is 11.7 Å². The van der Waals surface area contributed by atoms with Gasteiger partial charge in [0.15, 0.2) is 0 Å². The Bertz CT molecular complexity index is 556. The molecule has 0 heterocycles. The van der Waals surface area contributed by atoms with E-state index < -0.39 is 28.5 Å². The van der Waals surface area contributed by atoms with Crippen LogP contribution in [0.15, 0.2) is 18.2 Å². The van der Waals surface area contributed by atoms with E-state index in [1.165, 1.54) is 12.1 Å². The number of primary amides is 1. The number of aliphatic carboxylic acids is 1. The van der Waals surface area contributed by atoms with Crippen LogP contribution in [-0.2, 0) is 4.79 Å². The topological polar surface area (TPSA) is 136 Å². The van der Waals surface area contributed by atoms with Crippen molar-refractivity contribution in [2.24, 2.45) is 11.7 Å². The summed E-state index contributed by atoms with van der Waals surface area (Å²) in [6.45, 7) is 3.35. The molecule has 4 N–H and O–H groups in total. The Hall–Kier alpha value is -2.64. The summed E-state index contributed by atoms with van der Waals surface area (Å²) in [5.41, 5.74) is 4.67. The first kappa shape index (κ1) is 15.4. The van der Waals surface area contributed by atoms with Crippen LogP contribution in [0.2, 0.25) is 0 Å². The Kier molecular flexibility index (Phi) is 4.63. The van der Waals surface area contributed by atoms with Crippen molar-refractivity contribution in [3.63, 3.8) is 0 Å². The molecule has 0 spiro atoms. The second-order valence-electron chi connectivity index (χ2n) is 4.56. The molecule has 1 rings (SSSR count). The third kappa shape index (κ3) is 3.44. The minimum atomic E-state index is -1.12. The van der Waals surface area contributed by atoms with Crippen LogP contribution in [-0.4, -0.2) is 27.9 Å².